The summed E-state index contributed by atoms with van der Waals surface area (Å²) in [6.45, 7) is 3.80. The van der Waals surface area contributed by atoms with Crippen LogP contribution in [0.3, 0.4) is 0 Å². The second-order valence-corrected chi connectivity index (χ2v) is 4.92. The molecular weight excluding hydrogens is 174 g/mol. The number of rotatable bonds is 5. The standard InChI is InChI=1S/C8H17NO2S/c1-7(3-4-12(2)10)9-8-5-11-6-8/h7-9H,3-6H2,1-2H3. The van der Waals surface area contributed by atoms with Crippen LogP contribution in [-0.2, 0) is 15.5 Å². The maximum absolute atomic E-state index is 10.8. The molecule has 0 spiro atoms. The van der Waals surface area contributed by atoms with Crippen molar-refractivity contribution in [3.8, 4) is 0 Å². The molecule has 1 saturated heterocycles. The van der Waals surface area contributed by atoms with Crippen LogP contribution in [0.5, 0.6) is 0 Å². The average molecular weight is 191 g/mol. The topological polar surface area (TPSA) is 38.3 Å². The van der Waals surface area contributed by atoms with E-state index >= 15 is 0 Å². The molecule has 12 heavy (non-hydrogen) atoms. The summed E-state index contributed by atoms with van der Waals surface area (Å²) in [7, 11) is -0.656. The van der Waals surface area contributed by atoms with Crippen LogP contribution in [0.15, 0.2) is 0 Å². The van der Waals surface area contributed by atoms with Gasteiger partial charge in [0.05, 0.1) is 19.3 Å². The van der Waals surface area contributed by atoms with E-state index in [1.54, 1.807) is 6.26 Å². The van der Waals surface area contributed by atoms with Crippen LogP contribution in [-0.4, -0.2) is 41.5 Å². The highest BCUT2D eigenvalue weighted by molar-refractivity contribution is 7.84. The van der Waals surface area contributed by atoms with E-state index in [0.29, 0.717) is 12.1 Å². The van der Waals surface area contributed by atoms with Gasteiger partial charge in [0.1, 0.15) is 0 Å². The van der Waals surface area contributed by atoms with Gasteiger partial charge in [-0.2, -0.15) is 0 Å². The van der Waals surface area contributed by atoms with E-state index in [1.807, 2.05) is 0 Å². The molecule has 0 aromatic heterocycles. The molecule has 1 heterocycles. The summed E-state index contributed by atoms with van der Waals surface area (Å²) in [6, 6.07) is 0.994. The van der Waals surface area contributed by atoms with E-state index in [-0.39, 0.29) is 0 Å². The van der Waals surface area contributed by atoms with Crippen LogP contribution >= 0.6 is 0 Å². The first-order valence-corrected chi connectivity index (χ1v) is 6.05. The van der Waals surface area contributed by atoms with E-state index in [0.717, 1.165) is 25.4 Å². The fourth-order valence-corrected chi connectivity index (χ4v) is 1.85. The first-order chi connectivity index (χ1) is 5.68. The van der Waals surface area contributed by atoms with E-state index in [1.165, 1.54) is 0 Å². The maximum Gasteiger partial charge on any atom is 0.0643 e. The lowest BCUT2D eigenvalue weighted by atomic mass is 10.2. The van der Waals surface area contributed by atoms with Crippen molar-refractivity contribution in [3.05, 3.63) is 0 Å². The van der Waals surface area contributed by atoms with Gasteiger partial charge in [-0.3, -0.25) is 4.21 Å². The van der Waals surface area contributed by atoms with E-state index in [2.05, 4.69) is 12.2 Å². The Morgan fingerprint density at radius 1 is 1.67 bits per heavy atom. The van der Waals surface area contributed by atoms with Crippen LogP contribution < -0.4 is 5.32 Å². The van der Waals surface area contributed by atoms with Crippen LogP contribution in [0, 0.1) is 0 Å². The number of hydrogen-bond donors (Lipinski definition) is 1. The maximum atomic E-state index is 10.8. The number of ether oxygens (including phenoxy) is 1. The zero-order chi connectivity index (χ0) is 8.97. The summed E-state index contributed by atoms with van der Waals surface area (Å²) in [6.07, 6.45) is 2.73. The zero-order valence-electron chi connectivity index (χ0n) is 7.71. The van der Waals surface area contributed by atoms with Crippen molar-refractivity contribution in [1.82, 2.24) is 5.32 Å². The second-order valence-electron chi connectivity index (χ2n) is 3.37. The van der Waals surface area contributed by atoms with Gasteiger partial charge in [-0.15, -0.1) is 0 Å². The molecule has 0 saturated carbocycles. The molecule has 2 atom stereocenters. The fraction of sp³-hybridized carbons (Fsp3) is 1.00. The molecule has 0 amide bonds. The minimum Gasteiger partial charge on any atom is -0.378 e. The van der Waals surface area contributed by atoms with Gasteiger partial charge in [-0.25, -0.2) is 0 Å². The van der Waals surface area contributed by atoms with Crippen molar-refractivity contribution in [2.45, 2.75) is 25.4 Å². The van der Waals surface area contributed by atoms with Crippen molar-refractivity contribution >= 4 is 10.8 Å². The summed E-state index contributed by atoms with van der Waals surface area (Å²) >= 11 is 0. The third-order valence-corrected chi connectivity index (χ3v) is 2.81. The monoisotopic (exact) mass is 191 g/mol. The van der Waals surface area contributed by atoms with Crippen LogP contribution in [0.25, 0.3) is 0 Å². The van der Waals surface area contributed by atoms with Crippen LogP contribution in [0.4, 0.5) is 0 Å². The molecule has 1 N–H and O–H groups in total. The molecule has 72 valence electrons. The van der Waals surface area contributed by atoms with Gasteiger partial charge in [0.25, 0.3) is 0 Å². The summed E-state index contributed by atoms with van der Waals surface area (Å²) in [5.41, 5.74) is 0. The third kappa shape index (κ3) is 3.65. The lowest BCUT2D eigenvalue weighted by Crippen LogP contribution is -2.49. The lowest BCUT2D eigenvalue weighted by molar-refractivity contribution is -0.00921. The van der Waals surface area contributed by atoms with Gasteiger partial charge in [0.2, 0.25) is 0 Å². The van der Waals surface area contributed by atoms with Crippen molar-refractivity contribution < 1.29 is 8.95 Å². The molecule has 0 aliphatic carbocycles. The summed E-state index contributed by atoms with van der Waals surface area (Å²) in [5.74, 6) is 0.793. The molecule has 0 aromatic rings. The molecule has 1 aliphatic heterocycles. The van der Waals surface area contributed by atoms with Crippen molar-refractivity contribution in [1.29, 1.82) is 0 Å². The smallest absolute Gasteiger partial charge is 0.0643 e. The van der Waals surface area contributed by atoms with Crippen molar-refractivity contribution in [2.75, 3.05) is 25.2 Å². The molecular formula is C8H17NO2S. The van der Waals surface area contributed by atoms with Gasteiger partial charge < -0.3 is 10.1 Å². The quantitative estimate of drug-likeness (QED) is 0.671. The van der Waals surface area contributed by atoms with E-state index in [4.69, 9.17) is 4.74 Å². The second kappa shape index (κ2) is 4.94. The predicted molar refractivity (Wildman–Crippen MR) is 50.8 cm³/mol. The average Bonchev–Trinajstić information content (AvgIpc) is 1.93. The van der Waals surface area contributed by atoms with Gasteiger partial charge >= 0.3 is 0 Å². The van der Waals surface area contributed by atoms with Crippen molar-refractivity contribution in [3.63, 3.8) is 0 Å². The molecule has 4 heteroatoms. The highest BCUT2D eigenvalue weighted by Crippen LogP contribution is 2.02. The Balaban J connectivity index is 2.02. The predicted octanol–water partition coefficient (Wildman–Crippen LogP) is 0.132. The minimum atomic E-state index is -0.656. The minimum absolute atomic E-state index is 0.461. The van der Waals surface area contributed by atoms with E-state index in [9.17, 15) is 4.21 Å². The molecule has 1 aliphatic rings. The fourth-order valence-electron chi connectivity index (χ4n) is 1.16. The molecule has 0 radical (unpaired) electrons. The number of hydrogen-bond acceptors (Lipinski definition) is 3. The Morgan fingerprint density at radius 2 is 2.33 bits per heavy atom. The first kappa shape index (κ1) is 10.2. The molecule has 1 fully saturated rings. The Hall–Kier alpha value is 0.0700. The van der Waals surface area contributed by atoms with Crippen molar-refractivity contribution in [2.24, 2.45) is 0 Å². The van der Waals surface area contributed by atoms with Crippen LogP contribution in [0.1, 0.15) is 13.3 Å². The van der Waals surface area contributed by atoms with Crippen LogP contribution in [0.2, 0.25) is 0 Å². The highest BCUT2D eigenvalue weighted by atomic mass is 32.2. The highest BCUT2D eigenvalue weighted by Gasteiger charge is 2.19. The Labute approximate surface area is 76.3 Å². The molecule has 2 unspecified atom stereocenters. The summed E-state index contributed by atoms with van der Waals surface area (Å²) in [4.78, 5) is 0. The largest absolute Gasteiger partial charge is 0.378 e. The first-order valence-electron chi connectivity index (χ1n) is 4.32. The summed E-state index contributed by atoms with van der Waals surface area (Å²) < 4.78 is 15.8. The third-order valence-electron chi connectivity index (χ3n) is 2.00. The molecule has 3 nitrogen and oxygen atoms in total. The number of nitrogens with one attached hydrogen (secondary N) is 1. The Bertz CT molecular complexity index is 159. The molecule has 0 aromatic carbocycles. The lowest BCUT2D eigenvalue weighted by Gasteiger charge is -2.30. The SMILES string of the molecule is CC(CCS(C)=O)NC1COC1. The van der Waals surface area contributed by atoms with E-state index < -0.39 is 10.8 Å². The Kier molecular flexibility index (Phi) is 4.18. The molecule has 1 rings (SSSR count). The molecule has 0 bridgehead atoms. The van der Waals surface area contributed by atoms with Gasteiger partial charge in [0.15, 0.2) is 0 Å². The normalized spacial score (nSPS) is 23.2. The Morgan fingerprint density at radius 3 is 2.75 bits per heavy atom. The zero-order valence-corrected chi connectivity index (χ0v) is 8.52. The van der Waals surface area contributed by atoms with Gasteiger partial charge in [0, 0.05) is 28.9 Å². The van der Waals surface area contributed by atoms with Gasteiger partial charge in [-0.05, 0) is 13.3 Å². The summed E-state index contributed by atoms with van der Waals surface area (Å²) in [5, 5.41) is 3.41. The van der Waals surface area contributed by atoms with Gasteiger partial charge in [-0.1, -0.05) is 0 Å².